The predicted molar refractivity (Wildman–Crippen MR) is 96.6 cm³/mol. The highest BCUT2D eigenvalue weighted by Gasteiger charge is 2.15. The summed E-state index contributed by atoms with van der Waals surface area (Å²) in [5.41, 5.74) is 3.55. The van der Waals surface area contributed by atoms with Crippen molar-refractivity contribution in [3.63, 3.8) is 0 Å². The zero-order valence-corrected chi connectivity index (χ0v) is 15.1. The van der Waals surface area contributed by atoms with Crippen LogP contribution >= 0.6 is 0 Å². The Morgan fingerprint density at radius 2 is 1.67 bits per heavy atom. The summed E-state index contributed by atoms with van der Waals surface area (Å²) in [6.07, 6.45) is 1.20. The maximum absolute atomic E-state index is 12.7. The zero-order valence-electron chi connectivity index (χ0n) is 14.3. The summed E-state index contributed by atoms with van der Waals surface area (Å²) < 4.78 is 22.7. The maximum atomic E-state index is 12.7. The van der Waals surface area contributed by atoms with E-state index < -0.39 is 9.84 Å². The predicted octanol–water partition coefficient (Wildman–Crippen LogP) is 3.20. The minimum atomic E-state index is -3.07. The number of hydrogen-bond acceptors (Lipinski definition) is 3. The normalized spacial score (nSPS) is 11.3. The first kappa shape index (κ1) is 18.2. The van der Waals surface area contributed by atoms with E-state index in [1.165, 1.54) is 6.26 Å². The van der Waals surface area contributed by atoms with Crippen LogP contribution in [-0.2, 0) is 22.1 Å². The molecule has 0 atom stereocenters. The lowest BCUT2D eigenvalue weighted by Gasteiger charge is -2.22. The Labute approximate surface area is 144 Å². The van der Waals surface area contributed by atoms with Gasteiger partial charge in [-0.05, 0) is 42.7 Å². The van der Waals surface area contributed by atoms with Crippen LogP contribution in [0.4, 0.5) is 0 Å². The van der Waals surface area contributed by atoms with Crippen LogP contribution in [-0.4, -0.2) is 32.0 Å². The van der Waals surface area contributed by atoms with E-state index in [1.54, 1.807) is 29.2 Å². The molecule has 0 bridgehead atoms. The Kier molecular flexibility index (Phi) is 5.78. The number of amides is 1. The van der Waals surface area contributed by atoms with Gasteiger partial charge in [-0.1, -0.05) is 36.4 Å². The summed E-state index contributed by atoms with van der Waals surface area (Å²) in [4.78, 5) is 14.5. The van der Waals surface area contributed by atoms with E-state index in [1.807, 2.05) is 38.1 Å². The van der Waals surface area contributed by atoms with Gasteiger partial charge >= 0.3 is 0 Å². The van der Waals surface area contributed by atoms with Crippen molar-refractivity contribution in [2.24, 2.45) is 0 Å². The number of rotatable bonds is 6. The largest absolute Gasteiger partial charge is 0.335 e. The number of benzene rings is 2. The monoisotopic (exact) mass is 345 g/mol. The molecule has 0 saturated heterocycles. The fourth-order valence-electron chi connectivity index (χ4n) is 2.55. The first-order valence-electron chi connectivity index (χ1n) is 7.90. The number of carbonyl (C=O) groups is 1. The van der Waals surface area contributed by atoms with Crippen molar-refractivity contribution in [3.05, 3.63) is 70.8 Å². The number of aryl methyl sites for hydroxylation is 1. The lowest BCUT2D eigenvalue weighted by atomic mass is 10.1. The molecule has 2 aromatic rings. The van der Waals surface area contributed by atoms with Gasteiger partial charge in [-0.15, -0.1) is 0 Å². The highest BCUT2D eigenvalue weighted by Crippen LogP contribution is 2.14. The molecule has 128 valence electrons. The molecule has 0 aliphatic heterocycles. The third-order valence-corrected chi connectivity index (χ3v) is 4.78. The Hall–Kier alpha value is -2.14. The van der Waals surface area contributed by atoms with Crippen LogP contribution in [0.3, 0.4) is 0 Å². The van der Waals surface area contributed by atoms with Crippen LogP contribution in [0, 0.1) is 6.92 Å². The first-order chi connectivity index (χ1) is 11.3. The lowest BCUT2D eigenvalue weighted by molar-refractivity contribution is 0.0752. The van der Waals surface area contributed by atoms with Gasteiger partial charge in [-0.25, -0.2) is 8.42 Å². The molecule has 24 heavy (non-hydrogen) atoms. The van der Waals surface area contributed by atoms with Gasteiger partial charge in [0.2, 0.25) is 0 Å². The number of sulfone groups is 1. The van der Waals surface area contributed by atoms with Crippen LogP contribution in [0.25, 0.3) is 0 Å². The minimum Gasteiger partial charge on any atom is -0.335 e. The molecule has 2 rings (SSSR count). The van der Waals surface area contributed by atoms with Crippen LogP contribution in [0.5, 0.6) is 0 Å². The quantitative estimate of drug-likeness (QED) is 0.808. The van der Waals surface area contributed by atoms with Crippen molar-refractivity contribution in [3.8, 4) is 0 Å². The summed E-state index contributed by atoms with van der Waals surface area (Å²) >= 11 is 0. The van der Waals surface area contributed by atoms with Crippen molar-refractivity contribution < 1.29 is 13.2 Å². The van der Waals surface area contributed by atoms with E-state index in [9.17, 15) is 13.2 Å². The molecule has 0 spiro atoms. The molecule has 1 amide bonds. The van der Waals surface area contributed by atoms with E-state index in [0.29, 0.717) is 24.2 Å². The van der Waals surface area contributed by atoms with Crippen molar-refractivity contribution in [2.75, 3.05) is 12.8 Å². The van der Waals surface area contributed by atoms with Gasteiger partial charge in [-0.3, -0.25) is 4.79 Å². The summed E-state index contributed by atoms with van der Waals surface area (Å²) in [7, 11) is -3.07. The van der Waals surface area contributed by atoms with Crippen LogP contribution in [0.15, 0.2) is 48.5 Å². The molecule has 2 aromatic carbocycles. The summed E-state index contributed by atoms with van der Waals surface area (Å²) in [6.45, 7) is 5.16. The van der Waals surface area contributed by atoms with Crippen LogP contribution in [0.1, 0.15) is 34.0 Å². The third-order valence-electron chi connectivity index (χ3n) is 3.92. The van der Waals surface area contributed by atoms with Gasteiger partial charge in [0, 0.05) is 24.9 Å². The third kappa shape index (κ3) is 4.93. The van der Waals surface area contributed by atoms with Crippen LogP contribution < -0.4 is 0 Å². The van der Waals surface area contributed by atoms with Crippen molar-refractivity contribution >= 4 is 15.7 Å². The molecule has 0 aromatic heterocycles. The molecule has 0 unspecified atom stereocenters. The van der Waals surface area contributed by atoms with Crippen molar-refractivity contribution in [1.29, 1.82) is 0 Å². The van der Waals surface area contributed by atoms with Crippen molar-refractivity contribution in [1.82, 2.24) is 4.90 Å². The molecule has 0 saturated carbocycles. The van der Waals surface area contributed by atoms with Crippen molar-refractivity contribution in [2.45, 2.75) is 26.1 Å². The summed E-state index contributed by atoms with van der Waals surface area (Å²) in [5, 5.41) is 0. The Morgan fingerprint density at radius 3 is 2.21 bits per heavy atom. The fraction of sp³-hybridized carbons (Fsp3) is 0.316. The number of nitrogens with zero attached hydrogens (tertiary/aromatic N) is 1. The van der Waals surface area contributed by atoms with Gasteiger partial charge in [0.25, 0.3) is 5.91 Å². The first-order valence-corrected chi connectivity index (χ1v) is 9.96. The van der Waals surface area contributed by atoms with E-state index in [2.05, 4.69) is 0 Å². The average Bonchev–Trinajstić information content (AvgIpc) is 2.53. The SMILES string of the molecule is CCN(Cc1ccccc1C)C(=O)c1ccc(CS(C)(=O)=O)cc1. The highest BCUT2D eigenvalue weighted by atomic mass is 32.2. The molecule has 5 heteroatoms. The molecule has 0 N–H and O–H groups in total. The average molecular weight is 345 g/mol. The molecule has 0 aliphatic carbocycles. The Bertz CT molecular complexity index is 811. The second kappa shape index (κ2) is 7.62. The molecule has 0 aliphatic rings. The van der Waals surface area contributed by atoms with E-state index in [-0.39, 0.29) is 11.7 Å². The van der Waals surface area contributed by atoms with Crippen LogP contribution in [0.2, 0.25) is 0 Å². The van der Waals surface area contributed by atoms with Gasteiger partial charge in [0.15, 0.2) is 9.84 Å². The van der Waals surface area contributed by atoms with E-state index in [4.69, 9.17) is 0 Å². The second-order valence-corrected chi connectivity index (χ2v) is 8.15. The fourth-order valence-corrected chi connectivity index (χ4v) is 3.35. The Balaban J connectivity index is 2.15. The van der Waals surface area contributed by atoms with Gasteiger partial charge in [-0.2, -0.15) is 0 Å². The standard InChI is InChI=1S/C19H23NO3S/c1-4-20(13-18-8-6-5-7-15(18)2)19(21)17-11-9-16(10-12-17)14-24(3,22)23/h5-12H,4,13-14H2,1-3H3. The molecule has 0 fully saturated rings. The topological polar surface area (TPSA) is 54.5 Å². The Morgan fingerprint density at radius 1 is 1.04 bits per heavy atom. The van der Waals surface area contributed by atoms with Gasteiger partial charge < -0.3 is 4.90 Å². The summed E-state index contributed by atoms with van der Waals surface area (Å²) in [6, 6.07) is 14.8. The number of carbonyl (C=O) groups excluding carboxylic acids is 1. The van der Waals surface area contributed by atoms with Gasteiger partial charge in [0.05, 0.1) is 5.75 Å². The molecule has 0 heterocycles. The molecule has 0 radical (unpaired) electrons. The summed E-state index contributed by atoms with van der Waals surface area (Å²) in [5.74, 6) is -0.0611. The smallest absolute Gasteiger partial charge is 0.254 e. The zero-order chi connectivity index (χ0) is 17.7. The number of hydrogen-bond donors (Lipinski definition) is 0. The van der Waals surface area contributed by atoms with Gasteiger partial charge in [0.1, 0.15) is 0 Å². The second-order valence-electron chi connectivity index (χ2n) is 6.01. The lowest BCUT2D eigenvalue weighted by Crippen LogP contribution is -2.30. The minimum absolute atomic E-state index is 0.0117. The highest BCUT2D eigenvalue weighted by molar-refractivity contribution is 7.89. The molecule has 4 nitrogen and oxygen atoms in total. The maximum Gasteiger partial charge on any atom is 0.254 e. The molecular weight excluding hydrogens is 322 g/mol. The van der Waals surface area contributed by atoms with E-state index in [0.717, 1.165) is 11.1 Å². The molecular formula is C19H23NO3S. The van der Waals surface area contributed by atoms with E-state index >= 15 is 0 Å².